The Bertz CT molecular complexity index is 712. The molecule has 0 aliphatic carbocycles. The molecule has 1 aromatic heterocycles. The lowest BCUT2D eigenvalue weighted by atomic mass is 10.2. The van der Waals surface area contributed by atoms with E-state index in [2.05, 4.69) is 15.2 Å². The fraction of sp³-hybridized carbons (Fsp3) is 0.273. The average Bonchev–Trinajstić information content (AvgIpc) is 2.91. The number of non-ortho nitro benzene ring substituents is 1. The summed E-state index contributed by atoms with van der Waals surface area (Å²) < 4.78 is 25.5. The van der Waals surface area contributed by atoms with Gasteiger partial charge in [0.25, 0.3) is 5.69 Å². The van der Waals surface area contributed by atoms with Gasteiger partial charge in [0.15, 0.2) is 0 Å². The minimum absolute atomic E-state index is 0.0776. The van der Waals surface area contributed by atoms with E-state index in [0.29, 0.717) is 11.4 Å². The van der Waals surface area contributed by atoms with Crippen molar-refractivity contribution >= 4 is 15.7 Å². The molecule has 21 heavy (non-hydrogen) atoms. The lowest BCUT2D eigenvalue weighted by Gasteiger charge is -2.15. The Morgan fingerprint density at radius 2 is 2.00 bits per heavy atom. The average molecular weight is 311 g/mol. The SMILES string of the molecule is CN(Cc1ncn[nH]1)S(=O)(=O)Cc1ccc([N+](=O)[O-])cc1. The second kappa shape index (κ2) is 5.97. The first-order valence-corrected chi connectivity index (χ1v) is 7.51. The Hall–Kier alpha value is -2.33. The minimum atomic E-state index is -3.55. The highest BCUT2D eigenvalue weighted by atomic mass is 32.2. The number of aromatic amines is 1. The summed E-state index contributed by atoms with van der Waals surface area (Å²) in [6.07, 6.45) is 1.30. The van der Waals surface area contributed by atoms with E-state index < -0.39 is 14.9 Å². The van der Waals surface area contributed by atoms with Crippen molar-refractivity contribution in [2.24, 2.45) is 0 Å². The molecule has 0 saturated heterocycles. The molecule has 0 bridgehead atoms. The molecule has 1 heterocycles. The van der Waals surface area contributed by atoms with Gasteiger partial charge in [0.2, 0.25) is 10.0 Å². The van der Waals surface area contributed by atoms with Gasteiger partial charge in [0.1, 0.15) is 12.2 Å². The highest BCUT2D eigenvalue weighted by Crippen LogP contribution is 2.15. The molecule has 0 atom stereocenters. The van der Waals surface area contributed by atoms with E-state index >= 15 is 0 Å². The highest BCUT2D eigenvalue weighted by Gasteiger charge is 2.20. The molecule has 1 aromatic carbocycles. The summed E-state index contributed by atoms with van der Waals surface area (Å²) in [4.78, 5) is 13.9. The Kier molecular flexibility index (Phi) is 4.29. The first-order valence-electron chi connectivity index (χ1n) is 5.90. The maximum Gasteiger partial charge on any atom is 0.269 e. The molecule has 0 radical (unpaired) electrons. The summed E-state index contributed by atoms with van der Waals surface area (Å²) >= 11 is 0. The van der Waals surface area contributed by atoms with Gasteiger partial charge in [-0.3, -0.25) is 15.2 Å². The van der Waals surface area contributed by atoms with Gasteiger partial charge in [-0.1, -0.05) is 12.1 Å². The number of hydrogen-bond acceptors (Lipinski definition) is 6. The molecular weight excluding hydrogens is 298 g/mol. The fourth-order valence-corrected chi connectivity index (χ4v) is 2.80. The molecule has 0 aliphatic rings. The predicted molar refractivity (Wildman–Crippen MR) is 73.6 cm³/mol. The Labute approximate surface area is 120 Å². The van der Waals surface area contributed by atoms with Crippen molar-refractivity contribution in [2.45, 2.75) is 12.3 Å². The largest absolute Gasteiger partial charge is 0.269 e. The van der Waals surface area contributed by atoms with Crippen LogP contribution in [0.25, 0.3) is 0 Å². The smallest absolute Gasteiger partial charge is 0.262 e. The van der Waals surface area contributed by atoms with Gasteiger partial charge in [0.05, 0.1) is 17.2 Å². The maximum atomic E-state index is 12.2. The third-order valence-corrected chi connectivity index (χ3v) is 4.59. The van der Waals surface area contributed by atoms with Crippen LogP contribution < -0.4 is 0 Å². The Morgan fingerprint density at radius 1 is 1.33 bits per heavy atom. The van der Waals surface area contributed by atoms with Crippen LogP contribution in [0.3, 0.4) is 0 Å². The van der Waals surface area contributed by atoms with Crippen molar-refractivity contribution in [1.29, 1.82) is 0 Å². The van der Waals surface area contributed by atoms with E-state index in [-0.39, 0.29) is 18.0 Å². The number of nitrogens with zero attached hydrogens (tertiary/aromatic N) is 4. The number of benzene rings is 1. The number of nitrogens with one attached hydrogen (secondary N) is 1. The Morgan fingerprint density at radius 3 is 2.52 bits per heavy atom. The number of rotatable bonds is 6. The molecule has 0 fully saturated rings. The lowest BCUT2D eigenvalue weighted by Crippen LogP contribution is -2.28. The summed E-state index contributed by atoms with van der Waals surface area (Å²) in [5.74, 6) is 0.195. The van der Waals surface area contributed by atoms with Crippen molar-refractivity contribution in [3.8, 4) is 0 Å². The van der Waals surface area contributed by atoms with Gasteiger partial charge in [-0.2, -0.15) is 9.40 Å². The summed E-state index contributed by atoms with van der Waals surface area (Å²) in [6.45, 7) is 0.0787. The molecule has 112 valence electrons. The Balaban J connectivity index is 2.07. The zero-order chi connectivity index (χ0) is 15.5. The van der Waals surface area contributed by atoms with Crippen LogP contribution in [0.1, 0.15) is 11.4 Å². The fourth-order valence-electron chi connectivity index (χ4n) is 1.65. The van der Waals surface area contributed by atoms with E-state index in [9.17, 15) is 18.5 Å². The number of nitro benzene ring substituents is 1. The second-order valence-corrected chi connectivity index (χ2v) is 6.44. The molecule has 2 aromatic rings. The van der Waals surface area contributed by atoms with E-state index in [1.165, 1.54) is 37.6 Å². The molecule has 0 spiro atoms. The quantitative estimate of drug-likeness (QED) is 0.618. The van der Waals surface area contributed by atoms with Crippen molar-refractivity contribution < 1.29 is 13.3 Å². The molecule has 10 heteroatoms. The van der Waals surface area contributed by atoms with Gasteiger partial charge in [-0.25, -0.2) is 13.4 Å². The maximum absolute atomic E-state index is 12.2. The molecule has 9 nitrogen and oxygen atoms in total. The van der Waals surface area contributed by atoms with Crippen LogP contribution in [-0.2, 0) is 22.3 Å². The normalized spacial score (nSPS) is 11.7. The van der Waals surface area contributed by atoms with Crippen LogP contribution >= 0.6 is 0 Å². The van der Waals surface area contributed by atoms with E-state index in [1.807, 2.05) is 0 Å². The van der Waals surface area contributed by atoms with Crippen molar-refractivity contribution in [3.63, 3.8) is 0 Å². The van der Waals surface area contributed by atoms with Gasteiger partial charge in [0, 0.05) is 19.2 Å². The molecule has 0 unspecified atom stereocenters. The molecule has 0 aliphatic heterocycles. The number of nitro groups is 1. The summed E-state index contributed by atoms with van der Waals surface area (Å²) in [6, 6.07) is 5.42. The standard InChI is InChI=1S/C11H13N5O4S/c1-15(6-11-12-8-13-14-11)21(19,20)7-9-2-4-10(5-3-9)16(17)18/h2-5,8H,6-7H2,1H3,(H,12,13,14). The van der Waals surface area contributed by atoms with Crippen LogP contribution in [0.2, 0.25) is 0 Å². The van der Waals surface area contributed by atoms with Crippen LogP contribution in [0.4, 0.5) is 5.69 Å². The van der Waals surface area contributed by atoms with Gasteiger partial charge in [-0.05, 0) is 5.56 Å². The first-order chi connectivity index (χ1) is 9.88. The number of H-pyrrole nitrogens is 1. The van der Waals surface area contributed by atoms with E-state index in [1.54, 1.807) is 0 Å². The van der Waals surface area contributed by atoms with Crippen molar-refractivity contribution in [1.82, 2.24) is 19.5 Å². The third kappa shape index (κ3) is 3.83. The number of sulfonamides is 1. The van der Waals surface area contributed by atoms with E-state index in [4.69, 9.17) is 0 Å². The molecule has 1 N–H and O–H groups in total. The third-order valence-electron chi connectivity index (χ3n) is 2.81. The zero-order valence-corrected chi connectivity index (χ0v) is 11.9. The zero-order valence-electron chi connectivity index (χ0n) is 11.1. The summed E-state index contributed by atoms with van der Waals surface area (Å²) in [5.41, 5.74) is 0.399. The minimum Gasteiger partial charge on any atom is -0.262 e. The second-order valence-electron chi connectivity index (χ2n) is 4.37. The summed E-state index contributed by atoms with van der Waals surface area (Å²) in [7, 11) is -2.11. The molecule has 0 amide bonds. The van der Waals surface area contributed by atoms with Crippen LogP contribution in [-0.4, -0.2) is 39.9 Å². The van der Waals surface area contributed by atoms with Crippen LogP contribution in [0, 0.1) is 10.1 Å². The lowest BCUT2D eigenvalue weighted by molar-refractivity contribution is -0.384. The number of hydrogen-bond donors (Lipinski definition) is 1. The van der Waals surface area contributed by atoms with Gasteiger partial charge >= 0.3 is 0 Å². The highest BCUT2D eigenvalue weighted by molar-refractivity contribution is 7.88. The van der Waals surface area contributed by atoms with Crippen LogP contribution in [0.5, 0.6) is 0 Å². The van der Waals surface area contributed by atoms with Crippen molar-refractivity contribution in [2.75, 3.05) is 7.05 Å². The van der Waals surface area contributed by atoms with Gasteiger partial charge < -0.3 is 0 Å². The number of aromatic nitrogens is 3. The van der Waals surface area contributed by atoms with E-state index in [0.717, 1.165) is 4.31 Å². The topological polar surface area (TPSA) is 122 Å². The predicted octanol–water partition coefficient (Wildman–Crippen LogP) is 0.675. The van der Waals surface area contributed by atoms with Crippen LogP contribution in [0.15, 0.2) is 30.6 Å². The molecule has 2 rings (SSSR count). The van der Waals surface area contributed by atoms with Crippen molar-refractivity contribution in [3.05, 3.63) is 52.1 Å². The first kappa shape index (κ1) is 15.1. The molecular formula is C11H13N5O4S. The summed E-state index contributed by atoms with van der Waals surface area (Å²) in [5, 5.41) is 16.8. The molecule has 0 saturated carbocycles. The monoisotopic (exact) mass is 311 g/mol. The van der Waals surface area contributed by atoms with Gasteiger partial charge in [-0.15, -0.1) is 0 Å².